The molecule has 0 aliphatic rings. The SMILES string of the molecule is CN(C)C(=O)Sc1ncc[nH]1. The van der Waals surface area contributed by atoms with Crippen LogP contribution < -0.4 is 0 Å². The van der Waals surface area contributed by atoms with Crippen molar-refractivity contribution in [2.45, 2.75) is 5.16 Å². The van der Waals surface area contributed by atoms with Crippen molar-refractivity contribution in [3.8, 4) is 0 Å². The van der Waals surface area contributed by atoms with Gasteiger partial charge in [-0.2, -0.15) is 0 Å². The fourth-order valence-corrected chi connectivity index (χ4v) is 1.07. The van der Waals surface area contributed by atoms with Crippen molar-refractivity contribution in [3.05, 3.63) is 12.4 Å². The molecule has 0 atom stereocenters. The summed E-state index contributed by atoms with van der Waals surface area (Å²) < 4.78 is 0. The second-order valence-corrected chi connectivity index (χ2v) is 3.10. The Labute approximate surface area is 69.0 Å². The number of hydrogen-bond donors (Lipinski definition) is 1. The van der Waals surface area contributed by atoms with E-state index in [0.717, 1.165) is 11.8 Å². The molecule has 0 fully saturated rings. The maximum atomic E-state index is 11.0. The van der Waals surface area contributed by atoms with Crippen molar-refractivity contribution < 1.29 is 4.79 Å². The lowest BCUT2D eigenvalue weighted by atomic mass is 11.0. The highest BCUT2D eigenvalue weighted by Crippen LogP contribution is 2.14. The van der Waals surface area contributed by atoms with Gasteiger partial charge in [0.25, 0.3) is 5.24 Å². The van der Waals surface area contributed by atoms with E-state index < -0.39 is 0 Å². The highest BCUT2D eigenvalue weighted by atomic mass is 32.2. The van der Waals surface area contributed by atoms with Gasteiger partial charge in [-0.05, 0) is 0 Å². The molecule has 1 N–H and O–H groups in total. The first-order valence-electron chi connectivity index (χ1n) is 3.08. The molecule has 1 aromatic rings. The van der Waals surface area contributed by atoms with Gasteiger partial charge in [-0.1, -0.05) is 0 Å². The minimum atomic E-state index is -0.0278. The Morgan fingerprint density at radius 1 is 1.73 bits per heavy atom. The number of H-pyrrole nitrogens is 1. The Balaban J connectivity index is 2.50. The number of nitrogens with zero attached hydrogens (tertiary/aromatic N) is 2. The topological polar surface area (TPSA) is 49.0 Å². The van der Waals surface area contributed by atoms with Crippen LogP contribution in [0.5, 0.6) is 0 Å². The molecule has 1 amide bonds. The Bertz CT molecular complexity index is 232. The van der Waals surface area contributed by atoms with Crippen LogP contribution in [0.25, 0.3) is 0 Å². The maximum Gasteiger partial charge on any atom is 0.288 e. The average Bonchev–Trinajstić information content (AvgIpc) is 2.39. The van der Waals surface area contributed by atoms with Crippen LogP contribution in [0.4, 0.5) is 4.79 Å². The zero-order valence-corrected chi connectivity index (χ0v) is 7.18. The molecule has 1 heterocycles. The van der Waals surface area contributed by atoms with Gasteiger partial charge in [0.2, 0.25) is 0 Å². The predicted molar refractivity (Wildman–Crippen MR) is 43.5 cm³/mol. The number of aromatic amines is 1. The fourth-order valence-electron chi connectivity index (χ4n) is 0.481. The lowest BCUT2D eigenvalue weighted by Gasteiger charge is -2.06. The van der Waals surface area contributed by atoms with E-state index in [1.807, 2.05) is 0 Å². The minimum Gasteiger partial charge on any atom is -0.339 e. The largest absolute Gasteiger partial charge is 0.339 e. The maximum absolute atomic E-state index is 11.0. The summed E-state index contributed by atoms with van der Waals surface area (Å²) in [6.07, 6.45) is 3.30. The third kappa shape index (κ3) is 2.27. The number of hydrogen-bond acceptors (Lipinski definition) is 3. The summed E-state index contributed by atoms with van der Waals surface area (Å²) in [5.41, 5.74) is 0. The summed E-state index contributed by atoms with van der Waals surface area (Å²) in [6.45, 7) is 0. The van der Waals surface area contributed by atoms with Gasteiger partial charge in [0, 0.05) is 38.3 Å². The molecule has 60 valence electrons. The van der Waals surface area contributed by atoms with Crippen LogP contribution in [0.3, 0.4) is 0 Å². The van der Waals surface area contributed by atoms with Crippen molar-refractivity contribution >= 4 is 17.0 Å². The van der Waals surface area contributed by atoms with Gasteiger partial charge in [0.15, 0.2) is 5.16 Å². The predicted octanol–water partition coefficient (Wildman–Crippen LogP) is 1.18. The summed E-state index contributed by atoms with van der Waals surface area (Å²) >= 11 is 1.08. The molecule has 1 aromatic heterocycles. The lowest BCUT2D eigenvalue weighted by molar-refractivity contribution is 0.241. The van der Waals surface area contributed by atoms with Crippen molar-refractivity contribution in [3.63, 3.8) is 0 Å². The zero-order valence-electron chi connectivity index (χ0n) is 6.37. The minimum absolute atomic E-state index is 0.0278. The Hall–Kier alpha value is -0.970. The van der Waals surface area contributed by atoms with Gasteiger partial charge < -0.3 is 9.88 Å². The molecule has 5 heteroatoms. The van der Waals surface area contributed by atoms with E-state index in [9.17, 15) is 4.79 Å². The molecule has 0 unspecified atom stereocenters. The highest BCUT2D eigenvalue weighted by molar-refractivity contribution is 8.13. The summed E-state index contributed by atoms with van der Waals surface area (Å²) in [6, 6.07) is 0. The molecular formula is C6H9N3OS. The molecule has 0 saturated heterocycles. The van der Waals surface area contributed by atoms with Crippen molar-refractivity contribution in [2.24, 2.45) is 0 Å². The van der Waals surface area contributed by atoms with Crippen molar-refractivity contribution in [1.82, 2.24) is 14.9 Å². The first-order chi connectivity index (χ1) is 5.20. The summed E-state index contributed by atoms with van der Waals surface area (Å²) in [7, 11) is 3.41. The molecule has 0 bridgehead atoms. The number of carbonyl (C=O) groups is 1. The molecule has 0 spiro atoms. The first kappa shape index (κ1) is 8.13. The number of imidazole rings is 1. The van der Waals surface area contributed by atoms with E-state index in [2.05, 4.69) is 9.97 Å². The van der Waals surface area contributed by atoms with Crippen LogP contribution in [0.2, 0.25) is 0 Å². The number of nitrogens with one attached hydrogen (secondary N) is 1. The van der Waals surface area contributed by atoms with Gasteiger partial charge in [-0.3, -0.25) is 4.79 Å². The molecule has 11 heavy (non-hydrogen) atoms. The van der Waals surface area contributed by atoms with Gasteiger partial charge in [-0.15, -0.1) is 0 Å². The van der Waals surface area contributed by atoms with E-state index in [-0.39, 0.29) is 5.24 Å². The normalized spacial score (nSPS) is 9.64. The molecular weight excluding hydrogens is 162 g/mol. The lowest BCUT2D eigenvalue weighted by Crippen LogP contribution is -2.16. The summed E-state index contributed by atoms with van der Waals surface area (Å²) in [4.78, 5) is 19.3. The highest BCUT2D eigenvalue weighted by Gasteiger charge is 2.06. The second kappa shape index (κ2) is 3.43. The first-order valence-corrected chi connectivity index (χ1v) is 3.90. The summed E-state index contributed by atoms with van der Waals surface area (Å²) in [5.74, 6) is 0. The summed E-state index contributed by atoms with van der Waals surface area (Å²) in [5, 5.41) is 0.601. The quantitative estimate of drug-likeness (QED) is 0.645. The number of aromatic nitrogens is 2. The van der Waals surface area contributed by atoms with E-state index in [1.165, 1.54) is 4.90 Å². The van der Waals surface area contributed by atoms with Crippen LogP contribution in [-0.4, -0.2) is 34.2 Å². The number of amides is 1. The van der Waals surface area contributed by atoms with Crippen molar-refractivity contribution in [1.29, 1.82) is 0 Å². The van der Waals surface area contributed by atoms with Gasteiger partial charge in [-0.25, -0.2) is 4.98 Å². The van der Waals surface area contributed by atoms with E-state index in [4.69, 9.17) is 0 Å². The molecule has 1 rings (SSSR count). The zero-order chi connectivity index (χ0) is 8.27. The van der Waals surface area contributed by atoms with Crippen LogP contribution in [0.15, 0.2) is 17.6 Å². The van der Waals surface area contributed by atoms with Crippen molar-refractivity contribution in [2.75, 3.05) is 14.1 Å². The Morgan fingerprint density at radius 3 is 2.91 bits per heavy atom. The molecule has 0 radical (unpaired) electrons. The van der Waals surface area contributed by atoms with Crippen LogP contribution >= 0.6 is 11.8 Å². The monoisotopic (exact) mass is 171 g/mol. The number of thioether (sulfide) groups is 1. The van der Waals surface area contributed by atoms with E-state index >= 15 is 0 Å². The van der Waals surface area contributed by atoms with Gasteiger partial charge in [0.1, 0.15) is 0 Å². The van der Waals surface area contributed by atoms with E-state index in [1.54, 1.807) is 26.5 Å². The molecule has 0 aliphatic heterocycles. The number of carbonyl (C=O) groups excluding carboxylic acids is 1. The van der Waals surface area contributed by atoms with E-state index in [0.29, 0.717) is 5.16 Å². The van der Waals surface area contributed by atoms with Crippen LogP contribution in [-0.2, 0) is 0 Å². The van der Waals surface area contributed by atoms with Crippen LogP contribution in [0, 0.1) is 0 Å². The molecule has 0 aromatic carbocycles. The van der Waals surface area contributed by atoms with Crippen LogP contribution in [0.1, 0.15) is 0 Å². The molecule has 0 aliphatic carbocycles. The third-order valence-corrected chi connectivity index (χ3v) is 1.98. The van der Waals surface area contributed by atoms with Gasteiger partial charge in [0.05, 0.1) is 0 Å². The van der Waals surface area contributed by atoms with Gasteiger partial charge >= 0.3 is 0 Å². The number of rotatable bonds is 1. The second-order valence-electron chi connectivity index (χ2n) is 2.16. The molecule has 0 saturated carbocycles. The Morgan fingerprint density at radius 2 is 2.45 bits per heavy atom. The fraction of sp³-hybridized carbons (Fsp3) is 0.333. The Kier molecular flexibility index (Phi) is 2.53. The molecule has 4 nitrogen and oxygen atoms in total. The standard InChI is InChI=1S/C6H9N3OS/c1-9(2)6(10)11-5-7-3-4-8-5/h3-4H,1-2H3,(H,7,8). The third-order valence-electron chi connectivity index (χ3n) is 1.02. The smallest absolute Gasteiger partial charge is 0.288 e. The average molecular weight is 171 g/mol.